The molecule has 1 N–H and O–H groups in total. The number of benzene rings is 1. The van der Waals surface area contributed by atoms with Crippen LogP contribution in [0.15, 0.2) is 42.6 Å². The van der Waals surface area contributed by atoms with Gasteiger partial charge in [0.2, 0.25) is 5.95 Å². The van der Waals surface area contributed by atoms with E-state index < -0.39 is 0 Å². The lowest BCUT2D eigenvalue weighted by Crippen LogP contribution is -2.25. The smallest absolute Gasteiger partial charge is 0.275 e. The second kappa shape index (κ2) is 6.75. The van der Waals surface area contributed by atoms with Crippen molar-refractivity contribution in [3.63, 3.8) is 0 Å². The molecule has 0 spiro atoms. The number of thiophene rings is 1. The largest absolute Gasteiger partial charge is 0.341 e. The molecule has 0 aliphatic heterocycles. The highest BCUT2D eigenvalue weighted by atomic mass is 32.1. The van der Waals surface area contributed by atoms with Gasteiger partial charge >= 0.3 is 0 Å². The Morgan fingerprint density at radius 1 is 1.22 bits per heavy atom. The molecule has 0 saturated heterocycles. The number of nitrogens with zero attached hydrogens (tertiary/aromatic N) is 3. The Morgan fingerprint density at radius 2 is 2.00 bits per heavy atom. The quantitative estimate of drug-likeness (QED) is 0.775. The normalized spacial score (nSPS) is 10.7. The van der Waals surface area contributed by atoms with E-state index in [9.17, 15) is 4.79 Å². The summed E-state index contributed by atoms with van der Waals surface area (Å²) in [4.78, 5) is 23.1. The highest BCUT2D eigenvalue weighted by molar-refractivity contribution is 7.23. The molecule has 0 fully saturated rings. The lowest BCUT2D eigenvalue weighted by molar-refractivity contribution is 0.102. The molecule has 5 nitrogen and oxygen atoms in total. The predicted octanol–water partition coefficient (Wildman–Crippen LogP) is 3.79. The Bertz CT molecular complexity index is 793. The van der Waals surface area contributed by atoms with Crippen molar-refractivity contribution in [2.45, 2.75) is 13.8 Å². The van der Waals surface area contributed by atoms with E-state index in [0.29, 0.717) is 11.6 Å². The van der Waals surface area contributed by atoms with Crippen LogP contribution in [0.5, 0.6) is 0 Å². The molecular formula is C17H18N4OS. The third-order valence-corrected chi connectivity index (χ3v) is 4.62. The van der Waals surface area contributed by atoms with Gasteiger partial charge in [-0.25, -0.2) is 9.97 Å². The van der Waals surface area contributed by atoms with Gasteiger partial charge in [0.05, 0.1) is 5.00 Å². The monoisotopic (exact) mass is 326 g/mol. The molecule has 1 amide bonds. The van der Waals surface area contributed by atoms with Crippen molar-refractivity contribution in [1.82, 2.24) is 9.97 Å². The van der Waals surface area contributed by atoms with Crippen LogP contribution < -0.4 is 10.2 Å². The minimum Gasteiger partial charge on any atom is -0.341 e. The van der Waals surface area contributed by atoms with Crippen molar-refractivity contribution in [2.75, 3.05) is 23.3 Å². The first kappa shape index (κ1) is 15.4. The molecule has 0 aliphatic rings. The van der Waals surface area contributed by atoms with E-state index >= 15 is 0 Å². The molecule has 1 aromatic carbocycles. The molecule has 6 heteroatoms. The number of fused-ring (bicyclic) bond motifs is 1. The summed E-state index contributed by atoms with van der Waals surface area (Å²) < 4.78 is 1.15. The van der Waals surface area contributed by atoms with Crippen molar-refractivity contribution < 1.29 is 4.79 Å². The summed E-state index contributed by atoms with van der Waals surface area (Å²) in [6.07, 6.45) is 1.63. The van der Waals surface area contributed by atoms with E-state index in [4.69, 9.17) is 0 Å². The molecule has 2 aromatic heterocycles. The van der Waals surface area contributed by atoms with E-state index in [-0.39, 0.29) is 5.91 Å². The molecule has 2 heterocycles. The highest BCUT2D eigenvalue weighted by Crippen LogP contribution is 2.29. The zero-order valence-corrected chi connectivity index (χ0v) is 13.9. The van der Waals surface area contributed by atoms with E-state index in [1.54, 1.807) is 23.6 Å². The Kier molecular flexibility index (Phi) is 4.52. The van der Waals surface area contributed by atoms with Gasteiger partial charge < -0.3 is 10.2 Å². The minimum atomic E-state index is -0.215. The Balaban J connectivity index is 1.81. The van der Waals surface area contributed by atoms with Gasteiger partial charge in [-0.2, -0.15) is 0 Å². The number of carbonyl (C=O) groups is 1. The summed E-state index contributed by atoms with van der Waals surface area (Å²) in [6.45, 7) is 5.68. The topological polar surface area (TPSA) is 58.1 Å². The van der Waals surface area contributed by atoms with E-state index in [1.807, 2.05) is 49.1 Å². The molecule has 118 valence electrons. The molecular weight excluding hydrogens is 308 g/mol. The molecule has 3 aromatic rings. The maximum absolute atomic E-state index is 12.4. The molecule has 0 unspecified atom stereocenters. The summed E-state index contributed by atoms with van der Waals surface area (Å²) in [6, 6.07) is 11.7. The van der Waals surface area contributed by atoms with Crippen LogP contribution in [0, 0.1) is 0 Å². The summed E-state index contributed by atoms with van der Waals surface area (Å²) in [5.41, 5.74) is 0.374. The van der Waals surface area contributed by atoms with Crippen LogP contribution in [-0.4, -0.2) is 29.0 Å². The number of hydrogen-bond acceptors (Lipinski definition) is 5. The van der Waals surface area contributed by atoms with Crippen LogP contribution in [0.2, 0.25) is 0 Å². The third kappa shape index (κ3) is 3.32. The van der Waals surface area contributed by atoms with Crippen LogP contribution in [0.25, 0.3) is 10.1 Å². The molecule has 0 radical (unpaired) electrons. The first-order valence-corrected chi connectivity index (χ1v) is 8.40. The fourth-order valence-electron chi connectivity index (χ4n) is 2.35. The van der Waals surface area contributed by atoms with Crippen molar-refractivity contribution in [1.29, 1.82) is 0 Å². The van der Waals surface area contributed by atoms with Crippen LogP contribution in [-0.2, 0) is 0 Å². The number of anilines is 2. The maximum atomic E-state index is 12.4. The number of amides is 1. The zero-order valence-electron chi connectivity index (χ0n) is 13.1. The summed E-state index contributed by atoms with van der Waals surface area (Å²) in [5, 5.41) is 4.86. The number of hydrogen-bond donors (Lipinski definition) is 1. The van der Waals surface area contributed by atoms with Crippen molar-refractivity contribution in [3.05, 3.63) is 48.3 Å². The van der Waals surface area contributed by atoms with Gasteiger partial charge in [-0.05, 0) is 37.4 Å². The van der Waals surface area contributed by atoms with E-state index in [2.05, 4.69) is 15.3 Å². The van der Waals surface area contributed by atoms with Gasteiger partial charge in [0.25, 0.3) is 5.91 Å². The van der Waals surface area contributed by atoms with Gasteiger partial charge in [-0.1, -0.05) is 18.2 Å². The van der Waals surface area contributed by atoms with Crippen molar-refractivity contribution in [3.8, 4) is 0 Å². The molecule has 0 atom stereocenters. The standard InChI is InChI=1S/C17H18N4OS/c1-3-21(4-2)17-18-10-9-13(19-17)16(22)20-15-11-12-7-5-6-8-14(12)23-15/h5-11H,3-4H2,1-2H3,(H,20,22). The fourth-order valence-corrected chi connectivity index (χ4v) is 3.31. The van der Waals surface area contributed by atoms with Gasteiger partial charge in [-0.15, -0.1) is 11.3 Å². The first-order chi connectivity index (χ1) is 11.2. The Morgan fingerprint density at radius 3 is 2.74 bits per heavy atom. The van der Waals surface area contributed by atoms with Gasteiger partial charge in [0.1, 0.15) is 5.69 Å². The van der Waals surface area contributed by atoms with Crippen LogP contribution >= 0.6 is 11.3 Å². The second-order valence-corrected chi connectivity index (χ2v) is 6.10. The van der Waals surface area contributed by atoms with Gasteiger partial charge in [0.15, 0.2) is 0 Å². The average molecular weight is 326 g/mol. The Labute approximate surface area is 139 Å². The Hall–Kier alpha value is -2.47. The molecule has 23 heavy (non-hydrogen) atoms. The lowest BCUT2D eigenvalue weighted by Gasteiger charge is -2.18. The fraction of sp³-hybridized carbons (Fsp3) is 0.235. The second-order valence-electron chi connectivity index (χ2n) is 5.02. The number of nitrogens with one attached hydrogen (secondary N) is 1. The minimum absolute atomic E-state index is 0.215. The van der Waals surface area contributed by atoms with Crippen LogP contribution in [0.3, 0.4) is 0 Å². The number of aromatic nitrogens is 2. The molecule has 0 saturated carbocycles. The zero-order chi connectivity index (χ0) is 16.2. The molecule has 3 rings (SSSR count). The average Bonchev–Trinajstić information content (AvgIpc) is 2.98. The van der Waals surface area contributed by atoms with Crippen LogP contribution in [0.1, 0.15) is 24.3 Å². The SMILES string of the molecule is CCN(CC)c1nccc(C(=O)Nc2cc3ccccc3s2)n1. The molecule has 0 aliphatic carbocycles. The van der Waals surface area contributed by atoms with Gasteiger partial charge in [-0.3, -0.25) is 4.79 Å². The highest BCUT2D eigenvalue weighted by Gasteiger charge is 2.13. The lowest BCUT2D eigenvalue weighted by atomic mass is 10.3. The van der Waals surface area contributed by atoms with Gasteiger partial charge in [0, 0.05) is 24.0 Å². The predicted molar refractivity (Wildman–Crippen MR) is 95.4 cm³/mol. The third-order valence-electron chi connectivity index (χ3n) is 3.58. The van der Waals surface area contributed by atoms with Crippen molar-refractivity contribution >= 4 is 38.3 Å². The molecule has 0 bridgehead atoms. The van der Waals surface area contributed by atoms with Crippen molar-refractivity contribution in [2.24, 2.45) is 0 Å². The number of rotatable bonds is 5. The maximum Gasteiger partial charge on any atom is 0.275 e. The summed E-state index contributed by atoms with van der Waals surface area (Å²) in [7, 11) is 0. The van der Waals surface area contributed by atoms with E-state index in [1.165, 1.54) is 0 Å². The first-order valence-electron chi connectivity index (χ1n) is 7.59. The summed E-state index contributed by atoms with van der Waals surface area (Å²) >= 11 is 1.55. The van der Waals surface area contributed by atoms with Crippen LogP contribution in [0.4, 0.5) is 10.9 Å². The number of carbonyl (C=O) groups excluding carboxylic acids is 1. The summed E-state index contributed by atoms with van der Waals surface area (Å²) in [5.74, 6) is 0.367. The van der Waals surface area contributed by atoms with E-state index in [0.717, 1.165) is 28.2 Å².